The fourth-order valence-electron chi connectivity index (χ4n) is 2.16. The number of hydrogen-bond donors (Lipinski definition) is 1. The van der Waals surface area contributed by atoms with Crippen LogP contribution in [0.1, 0.15) is 29.2 Å². The predicted molar refractivity (Wildman–Crippen MR) is 87.2 cm³/mol. The van der Waals surface area contributed by atoms with Crippen LogP contribution in [0.15, 0.2) is 30.5 Å². The Hall–Kier alpha value is -1.88. The molecule has 5 heteroatoms. The molecule has 0 aliphatic heterocycles. The molecule has 1 fully saturated rings. The summed E-state index contributed by atoms with van der Waals surface area (Å²) >= 11 is 1.60. The molecule has 4 nitrogen and oxygen atoms in total. The Labute approximate surface area is 128 Å². The van der Waals surface area contributed by atoms with Gasteiger partial charge in [-0.05, 0) is 36.5 Å². The summed E-state index contributed by atoms with van der Waals surface area (Å²) in [5.74, 6) is 0.677. The topological polar surface area (TPSA) is 45.2 Å². The van der Waals surface area contributed by atoms with Crippen molar-refractivity contribution in [2.45, 2.75) is 25.2 Å². The van der Waals surface area contributed by atoms with E-state index >= 15 is 0 Å². The third-order valence-corrected chi connectivity index (χ3v) is 4.64. The zero-order chi connectivity index (χ0) is 14.8. The van der Waals surface area contributed by atoms with Gasteiger partial charge in [0.1, 0.15) is 0 Å². The van der Waals surface area contributed by atoms with Crippen molar-refractivity contribution in [1.82, 2.24) is 4.98 Å². The van der Waals surface area contributed by atoms with Crippen molar-refractivity contribution in [2.75, 3.05) is 24.3 Å². The van der Waals surface area contributed by atoms with E-state index in [4.69, 9.17) is 0 Å². The smallest absolute Gasteiger partial charge is 0.230 e. The number of rotatable bonds is 5. The zero-order valence-electron chi connectivity index (χ0n) is 12.3. The van der Waals surface area contributed by atoms with Crippen molar-refractivity contribution in [3.05, 3.63) is 40.9 Å². The first-order valence-electron chi connectivity index (χ1n) is 7.13. The highest BCUT2D eigenvalue weighted by molar-refractivity contribution is 7.15. The van der Waals surface area contributed by atoms with Gasteiger partial charge in [-0.2, -0.15) is 0 Å². The Morgan fingerprint density at radius 1 is 1.33 bits per heavy atom. The summed E-state index contributed by atoms with van der Waals surface area (Å²) < 4.78 is 0. The lowest BCUT2D eigenvalue weighted by Gasteiger charge is -2.12. The molecule has 21 heavy (non-hydrogen) atoms. The van der Waals surface area contributed by atoms with Crippen LogP contribution in [0, 0.1) is 0 Å². The van der Waals surface area contributed by atoms with Gasteiger partial charge in [-0.1, -0.05) is 12.1 Å². The first kappa shape index (κ1) is 14.1. The summed E-state index contributed by atoms with van der Waals surface area (Å²) in [4.78, 5) is 19.6. The maximum Gasteiger partial charge on any atom is 0.230 e. The number of aromatic nitrogens is 1. The van der Waals surface area contributed by atoms with Gasteiger partial charge >= 0.3 is 0 Å². The van der Waals surface area contributed by atoms with Crippen molar-refractivity contribution in [3.8, 4) is 0 Å². The molecule has 1 N–H and O–H groups in total. The number of amides is 1. The molecule has 0 bridgehead atoms. The van der Waals surface area contributed by atoms with Crippen molar-refractivity contribution in [3.63, 3.8) is 0 Å². The summed E-state index contributed by atoms with van der Waals surface area (Å²) in [6.07, 6.45) is 4.79. The quantitative estimate of drug-likeness (QED) is 0.922. The number of carbonyl (C=O) groups excluding carboxylic acids is 1. The molecule has 1 heterocycles. The molecule has 1 aromatic heterocycles. The van der Waals surface area contributed by atoms with Crippen molar-refractivity contribution >= 4 is 28.1 Å². The Kier molecular flexibility index (Phi) is 3.92. The number of benzene rings is 1. The molecule has 0 atom stereocenters. The van der Waals surface area contributed by atoms with E-state index in [-0.39, 0.29) is 5.91 Å². The molecule has 0 spiro atoms. The van der Waals surface area contributed by atoms with Gasteiger partial charge in [0.25, 0.3) is 0 Å². The van der Waals surface area contributed by atoms with Crippen molar-refractivity contribution in [1.29, 1.82) is 0 Å². The third-order valence-electron chi connectivity index (χ3n) is 3.57. The zero-order valence-corrected chi connectivity index (χ0v) is 13.1. The second-order valence-electron chi connectivity index (χ2n) is 5.63. The molecular formula is C16H19N3OS. The summed E-state index contributed by atoms with van der Waals surface area (Å²) in [6.45, 7) is 0. The van der Waals surface area contributed by atoms with Crippen molar-refractivity contribution in [2.24, 2.45) is 0 Å². The second-order valence-corrected chi connectivity index (χ2v) is 6.69. The highest BCUT2D eigenvalue weighted by Gasteiger charge is 2.25. The van der Waals surface area contributed by atoms with Crippen molar-refractivity contribution < 1.29 is 4.79 Å². The van der Waals surface area contributed by atoms with Crippen LogP contribution in [0.2, 0.25) is 0 Å². The average molecular weight is 301 g/mol. The van der Waals surface area contributed by atoms with Gasteiger partial charge in [0.2, 0.25) is 5.91 Å². The molecule has 1 amide bonds. The maximum absolute atomic E-state index is 12.0. The molecule has 0 radical (unpaired) electrons. The van der Waals surface area contributed by atoms with Gasteiger partial charge in [-0.15, -0.1) is 11.3 Å². The summed E-state index contributed by atoms with van der Waals surface area (Å²) in [7, 11) is 4.00. The van der Waals surface area contributed by atoms with Crippen LogP contribution in [0.3, 0.4) is 0 Å². The third kappa shape index (κ3) is 3.61. The molecule has 1 saturated carbocycles. The predicted octanol–water partition coefficient (Wildman–Crippen LogP) is 3.27. The van der Waals surface area contributed by atoms with Gasteiger partial charge < -0.3 is 10.2 Å². The first-order valence-corrected chi connectivity index (χ1v) is 7.95. The molecule has 2 aromatic rings. The normalized spacial score (nSPS) is 14.0. The molecule has 1 aromatic carbocycles. The summed E-state index contributed by atoms with van der Waals surface area (Å²) in [5.41, 5.74) is 2.14. The highest BCUT2D eigenvalue weighted by Crippen LogP contribution is 2.43. The van der Waals surface area contributed by atoms with Gasteiger partial charge in [-0.25, -0.2) is 4.98 Å². The molecule has 3 rings (SSSR count). The largest absolute Gasteiger partial charge is 0.378 e. The summed E-state index contributed by atoms with van der Waals surface area (Å²) in [5, 5.41) is 3.60. The Morgan fingerprint density at radius 2 is 2.05 bits per heavy atom. The number of thiazole rings is 1. The number of nitrogens with zero attached hydrogens (tertiary/aromatic N) is 2. The van der Waals surface area contributed by atoms with E-state index in [9.17, 15) is 4.79 Å². The molecule has 110 valence electrons. The van der Waals surface area contributed by atoms with E-state index in [2.05, 4.69) is 10.3 Å². The standard InChI is InChI=1S/C16H19N3OS/c1-19(2)13-7-3-11(4-8-13)9-15(20)18-16-17-10-14(21-16)12-5-6-12/h3-4,7-8,10,12H,5-6,9H2,1-2H3,(H,17,18,20). The molecule has 1 aliphatic rings. The van der Waals surface area contributed by atoms with Gasteiger partial charge in [0.05, 0.1) is 6.42 Å². The van der Waals surface area contributed by atoms with Crippen LogP contribution in [-0.2, 0) is 11.2 Å². The van der Waals surface area contributed by atoms with Gasteiger partial charge in [0.15, 0.2) is 5.13 Å². The van der Waals surface area contributed by atoms with Crippen LogP contribution in [0.25, 0.3) is 0 Å². The lowest BCUT2D eigenvalue weighted by atomic mass is 10.1. The van der Waals surface area contributed by atoms with E-state index in [1.54, 1.807) is 11.3 Å². The molecule has 1 aliphatic carbocycles. The van der Waals surface area contributed by atoms with Crippen LogP contribution >= 0.6 is 11.3 Å². The van der Waals surface area contributed by atoms with Crippen LogP contribution in [0.4, 0.5) is 10.8 Å². The van der Waals surface area contributed by atoms with Gasteiger partial charge in [-0.3, -0.25) is 4.79 Å². The first-order chi connectivity index (χ1) is 10.1. The number of hydrogen-bond acceptors (Lipinski definition) is 4. The highest BCUT2D eigenvalue weighted by atomic mass is 32.1. The van der Waals surface area contributed by atoms with E-state index < -0.39 is 0 Å². The van der Waals surface area contributed by atoms with E-state index in [1.165, 1.54) is 17.7 Å². The van der Waals surface area contributed by atoms with E-state index in [1.807, 2.05) is 49.5 Å². The minimum atomic E-state index is -0.00991. The second kappa shape index (κ2) is 5.85. The maximum atomic E-state index is 12.0. The van der Waals surface area contributed by atoms with Crippen LogP contribution in [0.5, 0.6) is 0 Å². The lowest BCUT2D eigenvalue weighted by Crippen LogP contribution is -2.14. The fraction of sp³-hybridized carbons (Fsp3) is 0.375. The number of anilines is 2. The number of carbonyl (C=O) groups is 1. The van der Waals surface area contributed by atoms with Crippen LogP contribution in [-0.4, -0.2) is 25.0 Å². The molecule has 0 unspecified atom stereocenters. The molecule has 0 saturated heterocycles. The monoisotopic (exact) mass is 301 g/mol. The van der Waals surface area contributed by atoms with E-state index in [0.29, 0.717) is 17.5 Å². The summed E-state index contributed by atoms with van der Waals surface area (Å²) in [6, 6.07) is 8.03. The number of nitrogens with one attached hydrogen (secondary N) is 1. The van der Waals surface area contributed by atoms with Crippen LogP contribution < -0.4 is 10.2 Å². The Bertz CT molecular complexity index is 629. The average Bonchev–Trinajstić information content (AvgIpc) is 3.20. The Morgan fingerprint density at radius 3 is 2.67 bits per heavy atom. The van der Waals surface area contributed by atoms with Gasteiger partial charge in [0, 0.05) is 30.9 Å². The minimum absolute atomic E-state index is 0.00991. The van der Waals surface area contributed by atoms with E-state index in [0.717, 1.165) is 11.3 Å². The SMILES string of the molecule is CN(C)c1ccc(CC(=O)Nc2ncc(C3CC3)s2)cc1. The fourth-order valence-corrected chi connectivity index (χ4v) is 3.16. The lowest BCUT2D eigenvalue weighted by molar-refractivity contribution is -0.115. The molecular weight excluding hydrogens is 282 g/mol. The Balaban J connectivity index is 1.57. The minimum Gasteiger partial charge on any atom is -0.378 e.